The van der Waals surface area contributed by atoms with Crippen LogP contribution in [0.25, 0.3) is 0 Å². The van der Waals surface area contributed by atoms with E-state index < -0.39 is 0 Å². The number of amides is 1. The number of hydrogen-bond donors (Lipinski definition) is 1. The van der Waals surface area contributed by atoms with Crippen LogP contribution in [-0.2, 0) is 6.54 Å². The number of rotatable bonds is 7. The van der Waals surface area contributed by atoms with Crippen molar-refractivity contribution in [2.24, 2.45) is 0 Å². The third-order valence-electron chi connectivity index (χ3n) is 4.73. The molecule has 0 unspecified atom stereocenters. The molecule has 1 N–H and O–H groups in total. The van der Waals surface area contributed by atoms with Crippen molar-refractivity contribution in [2.75, 3.05) is 43.8 Å². The van der Waals surface area contributed by atoms with Crippen LogP contribution in [0.4, 0.5) is 14.9 Å². The molecule has 1 aliphatic heterocycles. The van der Waals surface area contributed by atoms with E-state index in [1.807, 2.05) is 12.1 Å². The third-order valence-corrected chi connectivity index (χ3v) is 5.84. The number of nitrogens with zero attached hydrogens (tertiary/aromatic N) is 2. The average Bonchev–Trinajstić information content (AvgIpc) is 2.70. The van der Waals surface area contributed by atoms with E-state index in [4.69, 9.17) is 11.6 Å². The molecular weight excluding hydrogens is 397 g/mol. The first-order chi connectivity index (χ1) is 13.6. The summed E-state index contributed by atoms with van der Waals surface area (Å²) < 4.78 is 12.9. The van der Waals surface area contributed by atoms with Crippen LogP contribution >= 0.6 is 23.4 Å². The molecule has 0 spiro atoms. The Morgan fingerprint density at radius 1 is 1.00 bits per heavy atom. The fourth-order valence-electron chi connectivity index (χ4n) is 3.16. The summed E-state index contributed by atoms with van der Waals surface area (Å²) in [6, 6.07) is 13.9. The SMILES string of the molecule is O=C(Nc1ccc(F)cc1)SCCCN1CCN(Cc2ccc(Cl)cc2)CC1. The minimum absolute atomic E-state index is 0.0978. The number of nitrogens with one attached hydrogen (secondary N) is 1. The summed E-state index contributed by atoms with van der Waals surface area (Å²) >= 11 is 7.21. The number of piperazine rings is 1. The minimum Gasteiger partial charge on any atom is -0.317 e. The molecule has 0 saturated carbocycles. The number of benzene rings is 2. The van der Waals surface area contributed by atoms with Crippen LogP contribution in [0, 0.1) is 5.82 Å². The molecule has 0 aliphatic carbocycles. The lowest BCUT2D eigenvalue weighted by Crippen LogP contribution is -2.46. The van der Waals surface area contributed by atoms with E-state index in [9.17, 15) is 9.18 Å². The molecule has 1 amide bonds. The maximum atomic E-state index is 12.9. The molecule has 150 valence electrons. The van der Waals surface area contributed by atoms with E-state index >= 15 is 0 Å². The Balaban J connectivity index is 1.27. The summed E-state index contributed by atoms with van der Waals surface area (Å²) in [7, 11) is 0. The summed E-state index contributed by atoms with van der Waals surface area (Å²) in [5, 5.41) is 3.45. The molecular formula is C21H25ClFN3OS. The van der Waals surface area contributed by atoms with Crippen molar-refractivity contribution in [3.63, 3.8) is 0 Å². The van der Waals surface area contributed by atoms with Gasteiger partial charge >= 0.3 is 0 Å². The number of carbonyl (C=O) groups is 1. The van der Waals surface area contributed by atoms with Crippen LogP contribution in [0.2, 0.25) is 5.02 Å². The van der Waals surface area contributed by atoms with Gasteiger partial charge in [0, 0.05) is 49.2 Å². The van der Waals surface area contributed by atoms with Crippen LogP contribution in [0.15, 0.2) is 48.5 Å². The van der Waals surface area contributed by atoms with Gasteiger partial charge in [0.1, 0.15) is 5.82 Å². The standard InChI is InChI=1S/C21H25ClFN3OS/c22-18-4-2-17(3-5-18)16-26-13-11-25(12-14-26)10-1-15-28-21(27)24-20-8-6-19(23)7-9-20/h2-9H,1,10-16H2,(H,24,27). The van der Waals surface area contributed by atoms with Gasteiger partial charge in [-0.25, -0.2) is 4.39 Å². The van der Waals surface area contributed by atoms with Crippen molar-refractivity contribution >= 4 is 34.3 Å². The topological polar surface area (TPSA) is 35.6 Å². The molecule has 0 bridgehead atoms. The van der Waals surface area contributed by atoms with Gasteiger partial charge < -0.3 is 10.2 Å². The average molecular weight is 422 g/mol. The Labute approximate surface area is 175 Å². The first-order valence-electron chi connectivity index (χ1n) is 9.47. The van der Waals surface area contributed by atoms with Crippen molar-refractivity contribution in [1.82, 2.24) is 9.80 Å². The summed E-state index contributed by atoms with van der Waals surface area (Å²) in [5.41, 5.74) is 1.91. The summed E-state index contributed by atoms with van der Waals surface area (Å²) in [4.78, 5) is 16.8. The Morgan fingerprint density at radius 2 is 1.64 bits per heavy atom. The monoisotopic (exact) mass is 421 g/mol. The van der Waals surface area contributed by atoms with Gasteiger partial charge in [0.05, 0.1) is 0 Å². The highest BCUT2D eigenvalue weighted by molar-refractivity contribution is 8.13. The van der Waals surface area contributed by atoms with Crippen LogP contribution in [-0.4, -0.2) is 53.5 Å². The number of hydrogen-bond acceptors (Lipinski definition) is 4. The van der Waals surface area contributed by atoms with Gasteiger partial charge in [-0.15, -0.1) is 0 Å². The fourth-order valence-corrected chi connectivity index (χ4v) is 3.93. The Bertz CT molecular complexity index is 749. The second kappa shape index (κ2) is 10.8. The zero-order valence-electron chi connectivity index (χ0n) is 15.7. The van der Waals surface area contributed by atoms with Crippen LogP contribution in [0.3, 0.4) is 0 Å². The molecule has 0 aromatic heterocycles. The molecule has 2 aromatic carbocycles. The largest absolute Gasteiger partial charge is 0.317 e. The van der Waals surface area contributed by atoms with Gasteiger partial charge in [-0.2, -0.15) is 0 Å². The van der Waals surface area contributed by atoms with E-state index in [-0.39, 0.29) is 11.1 Å². The van der Waals surface area contributed by atoms with Crippen LogP contribution in [0.5, 0.6) is 0 Å². The highest BCUT2D eigenvalue weighted by Crippen LogP contribution is 2.15. The first-order valence-corrected chi connectivity index (χ1v) is 10.8. The van der Waals surface area contributed by atoms with Crippen molar-refractivity contribution in [1.29, 1.82) is 0 Å². The Hall–Kier alpha value is -1.60. The quantitative estimate of drug-likeness (QED) is 0.641. The Morgan fingerprint density at radius 3 is 2.32 bits per heavy atom. The van der Waals surface area contributed by atoms with Crippen molar-refractivity contribution in [2.45, 2.75) is 13.0 Å². The van der Waals surface area contributed by atoms with E-state index in [0.717, 1.165) is 56.5 Å². The maximum absolute atomic E-state index is 12.9. The zero-order chi connectivity index (χ0) is 19.8. The molecule has 1 aliphatic rings. The van der Waals surface area contributed by atoms with Gasteiger partial charge in [0.25, 0.3) is 5.24 Å². The second-order valence-electron chi connectivity index (χ2n) is 6.87. The third kappa shape index (κ3) is 7.09. The smallest absolute Gasteiger partial charge is 0.283 e. The predicted molar refractivity (Wildman–Crippen MR) is 116 cm³/mol. The molecule has 1 saturated heterocycles. The highest BCUT2D eigenvalue weighted by atomic mass is 35.5. The van der Waals surface area contributed by atoms with Crippen molar-refractivity contribution in [3.8, 4) is 0 Å². The molecule has 3 rings (SSSR count). The van der Waals surface area contributed by atoms with E-state index in [0.29, 0.717) is 5.69 Å². The minimum atomic E-state index is -0.307. The number of anilines is 1. The summed E-state index contributed by atoms with van der Waals surface area (Å²) in [6.45, 7) is 6.19. The molecule has 0 atom stereocenters. The van der Waals surface area contributed by atoms with Gasteiger partial charge in [-0.1, -0.05) is 35.5 Å². The van der Waals surface area contributed by atoms with Gasteiger partial charge in [-0.3, -0.25) is 9.69 Å². The molecule has 4 nitrogen and oxygen atoms in total. The molecule has 7 heteroatoms. The molecule has 1 fully saturated rings. The van der Waals surface area contributed by atoms with Gasteiger partial charge in [-0.05, 0) is 54.9 Å². The number of halogens is 2. The normalized spacial score (nSPS) is 15.5. The first kappa shape index (κ1) is 21.1. The van der Waals surface area contributed by atoms with Crippen molar-refractivity contribution in [3.05, 3.63) is 64.9 Å². The van der Waals surface area contributed by atoms with E-state index in [1.54, 1.807) is 12.1 Å². The maximum Gasteiger partial charge on any atom is 0.283 e. The van der Waals surface area contributed by atoms with Crippen LogP contribution < -0.4 is 5.32 Å². The highest BCUT2D eigenvalue weighted by Gasteiger charge is 2.16. The molecule has 28 heavy (non-hydrogen) atoms. The fraction of sp³-hybridized carbons (Fsp3) is 0.381. The molecule has 0 radical (unpaired) electrons. The summed E-state index contributed by atoms with van der Waals surface area (Å²) in [5.74, 6) is 0.469. The molecule has 1 heterocycles. The number of thioether (sulfide) groups is 1. The lowest BCUT2D eigenvalue weighted by atomic mass is 10.2. The lowest BCUT2D eigenvalue weighted by molar-refractivity contribution is 0.127. The Kier molecular flexibility index (Phi) is 8.15. The second-order valence-corrected chi connectivity index (χ2v) is 8.37. The van der Waals surface area contributed by atoms with Gasteiger partial charge in [0.15, 0.2) is 0 Å². The molecule has 2 aromatic rings. The summed E-state index contributed by atoms with van der Waals surface area (Å²) in [6.07, 6.45) is 0.971. The predicted octanol–water partition coefficient (Wildman–Crippen LogP) is 4.95. The van der Waals surface area contributed by atoms with Crippen molar-refractivity contribution < 1.29 is 9.18 Å². The van der Waals surface area contributed by atoms with E-state index in [1.165, 1.54) is 29.5 Å². The van der Waals surface area contributed by atoms with E-state index in [2.05, 4.69) is 27.2 Å². The zero-order valence-corrected chi connectivity index (χ0v) is 17.3. The van der Waals surface area contributed by atoms with Gasteiger partial charge in [0.2, 0.25) is 0 Å². The number of carbonyl (C=O) groups excluding carboxylic acids is 1. The van der Waals surface area contributed by atoms with Crippen LogP contribution in [0.1, 0.15) is 12.0 Å². The lowest BCUT2D eigenvalue weighted by Gasteiger charge is -2.34.